The van der Waals surface area contributed by atoms with Gasteiger partial charge in [0.05, 0.1) is 0 Å². The van der Waals surface area contributed by atoms with Gasteiger partial charge in [-0.1, -0.05) is 12.7 Å². The Labute approximate surface area is 84.7 Å². The van der Waals surface area contributed by atoms with Crippen LogP contribution in [0, 0.1) is 0 Å². The minimum Gasteiger partial charge on any atom is -0.480 e. The Hall–Kier alpha value is -1.66. The van der Waals surface area contributed by atoms with E-state index in [4.69, 9.17) is 5.11 Å². The smallest absolute Gasteiger partial charge is 0.408 e. The molecule has 15 heavy (non-hydrogen) atoms. The van der Waals surface area contributed by atoms with Crippen molar-refractivity contribution in [2.24, 2.45) is 0 Å². The second kappa shape index (κ2) is 6.74. The van der Waals surface area contributed by atoms with Gasteiger partial charge in [-0.2, -0.15) is 0 Å². The first-order chi connectivity index (χ1) is 6.97. The van der Waals surface area contributed by atoms with Crippen molar-refractivity contribution < 1.29 is 28.2 Å². The lowest BCUT2D eigenvalue weighted by molar-refractivity contribution is -0.140. The number of amides is 1. The van der Waals surface area contributed by atoms with Gasteiger partial charge in [0.15, 0.2) is 0 Å². The molecule has 0 aliphatic rings. The van der Waals surface area contributed by atoms with E-state index in [-0.39, 0.29) is 6.61 Å². The van der Waals surface area contributed by atoms with Gasteiger partial charge in [-0.05, 0) is 0 Å². The van der Waals surface area contributed by atoms with E-state index >= 15 is 0 Å². The molecule has 0 saturated carbocycles. The third-order valence-corrected chi connectivity index (χ3v) is 1.34. The Balaban J connectivity index is 4.10. The number of carboxylic acids is 1. The summed E-state index contributed by atoms with van der Waals surface area (Å²) < 4.78 is 28.1. The quantitative estimate of drug-likeness (QED) is 0.659. The minimum atomic E-state index is -2.81. The van der Waals surface area contributed by atoms with Crippen molar-refractivity contribution in [3.05, 3.63) is 12.7 Å². The molecule has 86 valence electrons. The van der Waals surface area contributed by atoms with Crippen LogP contribution in [0.15, 0.2) is 12.7 Å². The van der Waals surface area contributed by atoms with Gasteiger partial charge in [0.1, 0.15) is 12.6 Å². The molecular weight excluding hydrogens is 212 g/mol. The second-order valence-electron chi connectivity index (χ2n) is 2.55. The molecule has 0 saturated heterocycles. The van der Waals surface area contributed by atoms with Gasteiger partial charge >= 0.3 is 12.1 Å². The van der Waals surface area contributed by atoms with E-state index in [1.165, 1.54) is 6.08 Å². The SMILES string of the molecule is C=CCOC(=O)N[C@H](CC(F)F)C(=O)O. The highest BCUT2D eigenvalue weighted by atomic mass is 19.3. The monoisotopic (exact) mass is 223 g/mol. The lowest BCUT2D eigenvalue weighted by Gasteiger charge is -2.13. The number of ether oxygens (including phenoxy) is 1. The van der Waals surface area contributed by atoms with Crippen LogP contribution in [0.3, 0.4) is 0 Å². The van der Waals surface area contributed by atoms with Crippen molar-refractivity contribution in [1.29, 1.82) is 0 Å². The Bertz CT molecular complexity index is 245. The summed E-state index contributed by atoms with van der Waals surface area (Å²) in [6.07, 6.45) is -3.57. The van der Waals surface area contributed by atoms with Gasteiger partial charge in [-0.15, -0.1) is 0 Å². The average Bonchev–Trinajstić information content (AvgIpc) is 2.12. The van der Waals surface area contributed by atoms with E-state index < -0.39 is 31.0 Å². The summed E-state index contributed by atoms with van der Waals surface area (Å²) in [5, 5.41) is 10.3. The number of carbonyl (C=O) groups is 2. The van der Waals surface area contributed by atoms with Crippen LogP contribution in [0.4, 0.5) is 13.6 Å². The summed E-state index contributed by atoms with van der Waals surface area (Å²) in [4.78, 5) is 21.2. The van der Waals surface area contributed by atoms with Gasteiger partial charge in [-0.25, -0.2) is 18.4 Å². The predicted molar refractivity (Wildman–Crippen MR) is 46.7 cm³/mol. The molecule has 0 spiro atoms. The van der Waals surface area contributed by atoms with E-state index in [2.05, 4.69) is 11.3 Å². The van der Waals surface area contributed by atoms with Crippen molar-refractivity contribution in [1.82, 2.24) is 5.32 Å². The van der Waals surface area contributed by atoms with E-state index in [1.807, 2.05) is 0 Å². The fraction of sp³-hybridized carbons (Fsp3) is 0.500. The number of rotatable bonds is 6. The first-order valence-corrected chi connectivity index (χ1v) is 4.02. The number of halogens is 2. The van der Waals surface area contributed by atoms with Crippen molar-refractivity contribution in [2.45, 2.75) is 18.9 Å². The maximum Gasteiger partial charge on any atom is 0.408 e. The summed E-state index contributed by atoms with van der Waals surface area (Å²) in [7, 11) is 0. The second-order valence-corrected chi connectivity index (χ2v) is 2.55. The first-order valence-electron chi connectivity index (χ1n) is 4.02. The maximum absolute atomic E-state index is 11.9. The molecule has 2 N–H and O–H groups in total. The molecule has 7 heteroatoms. The van der Waals surface area contributed by atoms with E-state index in [9.17, 15) is 18.4 Å². The molecule has 1 atom stereocenters. The molecule has 0 aromatic rings. The fourth-order valence-corrected chi connectivity index (χ4v) is 0.718. The van der Waals surface area contributed by atoms with E-state index in [1.54, 1.807) is 5.32 Å². The average molecular weight is 223 g/mol. The van der Waals surface area contributed by atoms with Crippen molar-refractivity contribution >= 4 is 12.1 Å². The lowest BCUT2D eigenvalue weighted by atomic mass is 10.2. The predicted octanol–water partition coefficient (Wildman–Crippen LogP) is 1.01. The number of carboxylic acid groups (broad SMARTS) is 1. The van der Waals surface area contributed by atoms with Crippen molar-refractivity contribution in [2.75, 3.05) is 6.61 Å². The largest absolute Gasteiger partial charge is 0.480 e. The molecule has 0 aliphatic carbocycles. The topological polar surface area (TPSA) is 75.6 Å². The van der Waals surface area contributed by atoms with E-state index in [0.717, 1.165) is 0 Å². The van der Waals surface area contributed by atoms with Crippen LogP contribution in [-0.4, -0.2) is 36.2 Å². The van der Waals surface area contributed by atoms with Crippen LogP contribution in [0.5, 0.6) is 0 Å². The molecule has 0 aromatic carbocycles. The lowest BCUT2D eigenvalue weighted by Crippen LogP contribution is -2.42. The molecule has 0 heterocycles. The summed E-state index contributed by atoms with van der Waals surface area (Å²) >= 11 is 0. The van der Waals surface area contributed by atoms with Crippen LogP contribution in [0.1, 0.15) is 6.42 Å². The first kappa shape index (κ1) is 13.3. The van der Waals surface area contributed by atoms with Crippen molar-refractivity contribution in [3.63, 3.8) is 0 Å². The summed E-state index contributed by atoms with van der Waals surface area (Å²) in [6.45, 7) is 3.14. The Kier molecular flexibility index (Phi) is 6.00. The molecule has 1 amide bonds. The highest BCUT2D eigenvalue weighted by Crippen LogP contribution is 2.04. The molecule has 0 aromatic heterocycles. The molecule has 0 bridgehead atoms. The number of carbonyl (C=O) groups excluding carboxylic acids is 1. The Morgan fingerprint density at radius 1 is 1.53 bits per heavy atom. The van der Waals surface area contributed by atoms with Crippen LogP contribution in [-0.2, 0) is 9.53 Å². The number of alkyl halides is 2. The van der Waals surface area contributed by atoms with Crippen LogP contribution in [0.2, 0.25) is 0 Å². The van der Waals surface area contributed by atoms with Gasteiger partial charge in [0, 0.05) is 6.42 Å². The number of hydrogen-bond acceptors (Lipinski definition) is 3. The van der Waals surface area contributed by atoms with Crippen molar-refractivity contribution in [3.8, 4) is 0 Å². The van der Waals surface area contributed by atoms with E-state index in [0.29, 0.717) is 0 Å². The molecule has 0 rings (SSSR count). The Morgan fingerprint density at radius 2 is 2.13 bits per heavy atom. The normalized spacial score (nSPS) is 11.9. The van der Waals surface area contributed by atoms with Crippen LogP contribution >= 0.6 is 0 Å². The van der Waals surface area contributed by atoms with Crippen LogP contribution in [0.25, 0.3) is 0 Å². The summed E-state index contributed by atoms with van der Waals surface area (Å²) in [5.41, 5.74) is 0. The summed E-state index contributed by atoms with van der Waals surface area (Å²) in [6, 6.07) is -1.65. The van der Waals surface area contributed by atoms with Gasteiger partial charge in [0.25, 0.3) is 0 Å². The molecule has 0 fully saturated rings. The van der Waals surface area contributed by atoms with Gasteiger partial charge in [0.2, 0.25) is 6.43 Å². The standard InChI is InChI=1S/C8H11F2NO4/c1-2-3-15-8(14)11-5(7(12)13)4-6(9)10/h2,5-6H,1,3-4H2,(H,11,14)(H,12,13)/t5-/m1/s1. The molecule has 0 radical (unpaired) electrons. The van der Waals surface area contributed by atoms with Gasteiger partial charge < -0.3 is 15.2 Å². The highest BCUT2D eigenvalue weighted by molar-refractivity contribution is 5.79. The molecule has 0 aliphatic heterocycles. The number of alkyl carbamates (subject to hydrolysis) is 1. The third-order valence-electron chi connectivity index (χ3n) is 1.34. The molecular formula is C8H11F2NO4. The maximum atomic E-state index is 11.9. The third kappa shape index (κ3) is 6.42. The summed E-state index contributed by atoms with van der Waals surface area (Å²) in [5.74, 6) is -1.54. The zero-order valence-electron chi connectivity index (χ0n) is 7.78. The molecule has 5 nitrogen and oxygen atoms in total. The molecule has 0 unspecified atom stereocenters. The zero-order valence-corrected chi connectivity index (χ0v) is 7.78. The number of aliphatic carboxylic acids is 1. The Morgan fingerprint density at radius 3 is 2.53 bits per heavy atom. The van der Waals surface area contributed by atoms with Crippen LogP contribution < -0.4 is 5.32 Å². The number of hydrogen-bond donors (Lipinski definition) is 2. The number of nitrogens with one attached hydrogen (secondary N) is 1. The fourth-order valence-electron chi connectivity index (χ4n) is 0.718. The highest BCUT2D eigenvalue weighted by Gasteiger charge is 2.24. The minimum absolute atomic E-state index is 0.118. The van der Waals surface area contributed by atoms with Gasteiger partial charge in [-0.3, -0.25) is 0 Å². The zero-order chi connectivity index (χ0) is 11.8.